The van der Waals surface area contributed by atoms with Crippen LogP contribution in [0.15, 0.2) is 6.07 Å². The van der Waals surface area contributed by atoms with Crippen molar-refractivity contribution in [2.75, 3.05) is 6.26 Å². The number of hydrogen-bond acceptors (Lipinski definition) is 3. The first-order valence-corrected chi connectivity index (χ1v) is 7.97. The van der Waals surface area contributed by atoms with Gasteiger partial charge in [-0.15, -0.1) is 22.9 Å². The van der Waals surface area contributed by atoms with Crippen LogP contribution in [0.25, 0.3) is 0 Å². The summed E-state index contributed by atoms with van der Waals surface area (Å²) in [4.78, 5) is 0. The summed E-state index contributed by atoms with van der Waals surface area (Å²) in [6.07, 6.45) is 1.15. The lowest BCUT2D eigenvalue weighted by molar-refractivity contribution is 0.587. The van der Waals surface area contributed by atoms with Crippen LogP contribution in [-0.4, -0.2) is 19.9 Å². The minimum atomic E-state index is -3.19. The van der Waals surface area contributed by atoms with Crippen molar-refractivity contribution in [2.45, 2.75) is 17.6 Å². The van der Waals surface area contributed by atoms with Gasteiger partial charge >= 0.3 is 0 Å². The molecule has 1 heterocycles. The Bertz CT molecular complexity index is 452. The van der Waals surface area contributed by atoms with Crippen LogP contribution in [-0.2, 0) is 9.84 Å². The Hall–Kier alpha value is 0.520. The third-order valence-corrected chi connectivity index (χ3v) is 5.97. The molecule has 0 radical (unpaired) electrons. The summed E-state index contributed by atoms with van der Waals surface area (Å²) in [6.45, 7) is 1.55. The predicted octanol–water partition coefficient (Wildman–Crippen LogP) is 3.77. The zero-order valence-electron chi connectivity index (χ0n) is 8.00. The van der Waals surface area contributed by atoms with Crippen molar-refractivity contribution in [3.05, 3.63) is 20.3 Å². The second-order valence-electron chi connectivity index (χ2n) is 3.22. The second-order valence-corrected chi connectivity index (χ2v) is 8.37. The normalized spacial score (nSPS) is 16.3. The van der Waals surface area contributed by atoms with Crippen molar-refractivity contribution < 1.29 is 8.42 Å². The fraction of sp³-hybridized carbons (Fsp3) is 0.500. The molecule has 2 atom stereocenters. The van der Waals surface area contributed by atoms with E-state index in [-0.39, 0.29) is 0 Å². The molecule has 15 heavy (non-hydrogen) atoms. The molecule has 0 saturated heterocycles. The third-order valence-electron chi connectivity index (χ3n) is 2.07. The molecule has 0 amide bonds. The number of rotatable bonds is 3. The van der Waals surface area contributed by atoms with Crippen molar-refractivity contribution in [2.24, 2.45) is 0 Å². The van der Waals surface area contributed by atoms with E-state index in [9.17, 15) is 8.42 Å². The highest BCUT2D eigenvalue weighted by Crippen LogP contribution is 2.40. The Morgan fingerprint density at radius 1 is 1.40 bits per heavy atom. The van der Waals surface area contributed by atoms with Gasteiger partial charge in [-0.3, -0.25) is 0 Å². The molecule has 0 bridgehead atoms. The molecular formula is C8H9Cl3O2S2. The average molecular weight is 308 g/mol. The van der Waals surface area contributed by atoms with Crippen LogP contribution in [0.2, 0.25) is 8.67 Å². The van der Waals surface area contributed by atoms with Crippen LogP contribution in [0.3, 0.4) is 0 Å². The molecule has 0 saturated carbocycles. The largest absolute Gasteiger partial charge is 0.229 e. The lowest BCUT2D eigenvalue weighted by atomic mass is 10.2. The van der Waals surface area contributed by atoms with E-state index < -0.39 is 20.5 Å². The molecular weight excluding hydrogens is 299 g/mol. The van der Waals surface area contributed by atoms with Crippen LogP contribution in [0.5, 0.6) is 0 Å². The standard InChI is InChI=1S/C8H9Cl3O2S2/c1-4(15(2,12)13)7(10)5-3-6(9)14-8(5)11/h3-4,7H,1-2H3. The van der Waals surface area contributed by atoms with Gasteiger partial charge in [0.15, 0.2) is 9.84 Å². The molecule has 2 nitrogen and oxygen atoms in total. The van der Waals surface area contributed by atoms with Gasteiger partial charge in [-0.1, -0.05) is 23.2 Å². The first-order chi connectivity index (χ1) is 6.73. The molecule has 7 heteroatoms. The maximum Gasteiger partial charge on any atom is 0.151 e. The highest BCUT2D eigenvalue weighted by molar-refractivity contribution is 7.91. The highest BCUT2D eigenvalue weighted by atomic mass is 35.5. The van der Waals surface area contributed by atoms with E-state index in [1.54, 1.807) is 13.0 Å². The molecule has 0 aliphatic rings. The smallest absolute Gasteiger partial charge is 0.151 e. The monoisotopic (exact) mass is 306 g/mol. The molecule has 86 valence electrons. The molecule has 2 unspecified atom stereocenters. The number of sulfone groups is 1. The topological polar surface area (TPSA) is 34.1 Å². The second kappa shape index (κ2) is 4.80. The lowest BCUT2D eigenvalue weighted by Crippen LogP contribution is -2.20. The number of halogens is 3. The minimum absolute atomic E-state index is 0.440. The fourth-order valence-electron chi connectivity index (χ4n) is 1.01. The van der Waals surface area contributed by atoms with Crippen molar-refractivity contribution in [3.63, 3.8) is 0 Å². The summed E-state index contributed by atoms with van der Waals surface area (Å²) in [6, 6.07) is 1.61. The Morgan fingerprint density at radius 2 is 1.93 bits per heavy atom. The van der Waals surface area contributed by atoms with E-state index in [0.717, 1.165) is 6.26 Å². The average Bonchev–Trinajstić information content (AvgIpc) is 2.41. The van der Waals surface area contributed by atoms with Crippen LogP contribution in [0, 0.1) is 0 Å². The van der Waals surface area contributed by atoms with Gasteiger partial charge in [-0.2, -0.15) is 0 Å². The summed E-state index contributed by atoms with van der Waals surface area (Å²) < 4.78 is 23.6. The molecule has 0 fully saturated rings. The predicted molar refractivity (Wildman–Crippen MR) is 67.2 cm³/mol. The van der Waals surface area contributed by atoms with Gasteiger partial charge in [-0.05, 0) is 13.0 Å². The maximum atomic E-state index is 11.3. The van der Waals surface area contributed by atoms with Crippen molar-refractivity contribution in [1.82, 2.24) is 0 Å². The van der Waals surface area contributed by atoms with E-state index in [1.807, 2.05) is 0 Å². The number of hydrogen-bond donors (Lipinski definition) is 0. The van der Waals surface area contributed by atoms with Crippen LogP contribution >= 0.6 is 46.1 Å². The quantitative estimate of drug-likeness (QED) is 0.797. The molecule has 1 aromatic heterocycles. The van der Waals surface area contributed by atoms with E-state index in [1.165, 1.54) is 11.3 Å². The third kappa shape index (κ3) is 3.24. The number of thiophene rings is 1. The van der Waals surface area contributed by atoms with Gasteiger partial charge in [0.1, 0.15) is 0 Å². The SMILES string of the molecule is CC(C(Cl)c1cc(Cl)sc1Cl)S(C)(=O)=O. The summed E-state index contributed by atoms with van der Waals surface area (Å²) in [5.41, 5.74) is 0.575. The van der Waals surface area contributed by atoms with Crippen molar-refractivity contribution >= 4 is 56.0 Å². The molecule has 0 N–H and O–H groups in total. The van der Waals surface area contributed by atoms with Crippen LogP contribution < -0.4 is 0 Å². The van der Waals surface area contributed by atoms with Gasteiger partial charge in [0.25, 0.3) is 0 Å². The van der Waals surface area contributed by atoms with Gasteiger partial charge in [-0.25, -0.2) is 8.42 Å². The maximum absolute atomic E-state index is 11.3. The van der Waals surface area contributed by atoms with E-state index >= 15 is 0 Å². The van der Waals surface area contributed by atoms with E-state index in [4.69, 9.17) is 34.8 Å². The Kier molecular flexibility index (Phi) is 4.35. The molecule has 0 aliphatic carbocycles. The molecule has 1 aromatic rings. The van der Waals surface area contributed by atoms with Gasteiger partial charge < -0.3 is 0 Å². The summed E-state index contributed by atoms with van der Waals surface area (Å²) in [5, 5.41) is -1.36. The summed E-state index contributed by atoms with van der Waals surface area (Å²) in [5.74, 6) is 0. The Labute approximate surface area is 108 Å². The zero-order valence-corrected chi connectivity index (χ0v) is 11.9. The zero-order chi connectivity index (χ0) is 11.8. The highest BCUT2D eigenvalue weighted by Gasteiger charge is 2.28. The van der Waals surface area contributed by atoms with Gasteiger partial charge in [0, 0.05) is 11.8 Å². The molecule has 1 rings (SSSR count). The van der Waals surface area contributed by atoms with Crippen LogP contribution in [0.4, 0.5) is 0 Å². The van der Waals surface area contributed by atoms with E-state index in [0.29, 0.717) is 14.2 Å². The van der Waals surface area contributed by atoms with Gasteiger partial charge in [0.2, 0.25) is 0 Å². The summed E-state index contributed by atoms with van der Waals surface area (Å²) in [7, 11) is -3.19. The minimum Gasteiger partial charge on any atom is -0.229 e. The van der Waals surface area contributed by atoms with Crippen molar-refractivity contribution in [3.8, 4) is 0 Å². The van der Waals surface area contributed by atoms with Crippen LogP contribution in [0.1, 0.15) is 17.9 Å². The lowest BCUT2D eigenvalue weighted by Gasteiger charge is -2.15. The number of alkyl halides is 1. The summed E-state index contributed by atoms with van der Waals surface area (Å²) >= 11 is 18.9. The van der Waals surface area contributed by atoms with Crippen molar-refractivity contribution in [1.29, 1.82) is 0 Å². The van der Waals surface area contributed by atoms with E-state index in [2.05, 4.69) is 0 Å². The Balaban J connectivity index is 3.05. The fourth-order valence-corrected chi connectivity index (χ4v) is 3.99. The van der Waals surface area contributed by atoms with Gasteiger partial charge in [0.05, 0.1) is 19.3 Å². The molecule has 0 spiro atoms. The first-order valence-electron chi connectivity index (χ1n) is 4.01. The Morgan fingerprint density at radius 3 is 2.27 bits per heavy atom. The molecule has 0 aliphatic heterocycles. The molecule has 0 aromatic carbocycles. The first kappa shape index (κ1) is 13.6.